The maximum atomic E-state index is 5.46. The van der Waals surface area contributed by atoms with Gasteiger partial charge in [-0.2, -0.15) is 0 Å². The highest BCUT2D eigenvalue weighted by atomic mass is 16.9. The van der Waals surface area contributed by atoms with Crippen molar-refractivity contribution in [3.8, 4) is 0 Å². The van der Waals surface area contributed by atoms with Gasteiger partial charge in [0.25, 0.3) is 23.9 Å². The van der Waals surface area contributed by atoms with Crippen molar-refractivity contribution in [2.75, 3.05) is 145 Å². The summed E-state index contributed by atoms with van der Waals surface area (Å²) in [6, 6.07) is 0. The average Bonchev–Trinajstić information content (AvgIpc) is 3.66. The van der Waals surface area contributed by atoms with E-state index in [0.717, 1.165) is 83.8 Å². The fourth-order valence-corrected chi connectivity index (χ4v) is 12.7. The number of allylic oxidation sites excluding steroid dienone is 1. The van der Waals surface area contributed by atoms with Crippen molar-refractivity contribution in [1.82, 2.24) is 20.0 Å². The van der Waals surface area contributed by atoms with E-state index in [1.54, 1.807) is 85.3 Å². The smallest absolute Gasteiger partial charge is 0.282 e. The summed E-state index contributed by atoms with van der Waals surface area (Å²) in [6.45, 7) is 7.91. The Balaban J connectivity index is 5.18. The molecule has 0 aromatic heterocycles. The second-order valence-electron chi connectivity index (χ2n) is 25.9. The molecule has 16 heteroatoms. The van der Waals surface area contributed by atoms with Crippen LogP contribution in [-0.2, 0) is 56.8 Å². The molecule has 0 heterocycles. The first-order valence-electron chi connectivity index (χ1n) is 37.2. The van der Waals surface area contributed by atoms with Crippen LogP contribution in [0.15, 0.2) is 24.0 Å². The van der Waals surface area contributed by atoms with Gasteiger partial charge in [0, 0.05) is 150 Å². The largest absolute Gasteiger partial charge is 0.392 e. The summed E-state index contributed by atoms with van der Waals surface area (Å²) in [7, 11) is 24.2. The van der Waals surface area contributed by atoms with Crippen LogP contribution < -0.4 is 5.32 Å². The number of rotatable bonds is 74. The lowest BCUT2D eigenvalue weighted by molar-refractivity contribution is -0.355. The molecule has 0 aliphatic heterocycles. The Hall–Kier alpha value is -1.48. The molecule has 0 unspecified atom stereocenters. The molecule has 0 bridgehead atoms. The third kappa shape index (κ3) is 48.0. The van der Waals surface area contributed by atoms with Crippen LogP contribution >= 0.6 is 0 Å². The second kappa shape index (κ2) is 63.3. The maximum Gasteiger partial charge on any atom is 0.282 e. The highest BCUT2D eigenvalue weighted by molar-refractivity contribution is 5.00. The molecular weight excluding hydrogens is 1150 g/mol. The molecular formula is C75H152N4O12. The Morgan fingerprint density at radius 3 is 0.703 bits per heavy atom. The zero-order chi connectivity index (χ0) is 67.1. The monoisotopic (exact) mass is 1300 g/mol. The van der Waals surface area contributed by atoms with Crippen molar-refractivity contribution in [2.45, 2.75) is 319 Å². The van der Waals surface area contributed by atoms with Crippen molar-refractivity contribution in [1.29, 1.82) is 0 Å². The normalized spacial score (nSPS) is 12.9. The third-order valence-electron chi connectivity index (χ3n) is 19.2. The molecule has 0 radical (unpaired) electrons. The zero-order valence-electron chi connectivity index (χ0n) is 62.4. The minimum absolute atomic E-state index is 0.766. The van der Waals surface area contributed by atoms with Crippen LogP contribution in [-0.4, -0.2) is 184 Å². The molecule has 1 N–H and O–H groups in total. The lowest BCUT2D eigenvalue weighted by Gasteiger charge is -2.28. The highest BCUT2D eigenvalue weighted by Gasteiger charge is 2.31. The molecule has 0 aromatic carbocycles. The summed E-state index contributed by atoms with van der Waals surface area (Å²) in [5.41, 5.74) is 1.38. The number of nitrogens with zero attached hydrogens (tertiary/aromatic N) is 3. The molecule has 0 rings (SSSR count). The van der Waals surface area contributed by atoms with Gasteiger partial charge in [-0.05, 0) is 96.6 Å². The average molecular weight is 1300 g/mol. The van der Waals surface area contributed by atoms with Crippen LogP contribution in [0.2, 0.25) is 0 Å². The van der Waals surface area contributed by atoms with Gasteiger partial charge in [-0.1, -0.05) is 218 Å². The van der Waals surface area contributed by atoms with Crippen LogP contribution in [0.1, 0.15) is 295 Å². The molecule has 91 heavy (non-hydrogen) atoms. The quantitative estimate of drug-likeness (QED) is 0.0457. The number of hydrogen-bond acceptors (Lipinski definition) is 16. The van der Waals surface area contributed by atoms with E-state index in [1.807, 2.05) is 0 Å². The Labute approximate surface area is 563 Å². The first-order chi connectivity index (χ1) is 44.4. The van der Waals surface area contributed by atoms with Gasteiger partial charge in [0.1, 0.15) is 0 Å². The minimum atomic E-state index is -0.892. The number of unbranched alkanes of at least 4 members (excludes halogenated alkanes) is 36. The van der Waals surface area contributed by atoms with Gasteiger partial charge < -0.3 is 67.1 Å². The fourth-order valence-electron chi connectivity index (χ4n) is 12.7. The number of hydrogen-bond donors (Lipinski definition) is 1. The maximum absolute atomic E-state index is 5.46. The molecule has 0 fully saturated rings. The van der Waals surface area contributed by atoms with Crippen LogP contribution in [0.3, 0.4) is 0 Å². The molecule has 0 atom stereocenters. The number of ether oxygens (including phenoxy) is 12. The molecule has 0 aliphatic carbocycles. The topological polar surface area (TPSA) is 133 Å². The summed E-state index contributed by atoms with van der Waals surface area (Å²) < 4.78 is 65.5. The van der Waals surface area contributed by atoms with E-state index < -0.39 is 23.9 Å². The Bertz CT molecular complexity index is 1440. The molecule has 0 aromatic rings. The predicted molar refractivity (Wildman–Crippen MR) is 379 cm³/mol. The van der Waals surface area contributed by atoms with Crippen LogP contribution in [0, 0.1) is 0 Å². The van der Waals surface area contributed by atoms with Gasteiger partial charge in [0.2, 0.25) is 0 Å². The Morgan fingerprint density at radius 1 is 0.275 bits per heavy atom. The van der Waals surface area contributed by atoms with Gasteiger partial charge in [0.15, 0.2) is 0 Å². The van der Waals surface area contributed by atoms with E-state index in [4.69, 9.17) is 56.8 Å². The van der Waals surface area contributed by atoms with E-state index in [1.165, 1.54) is 263 Å². The number of methoxy groups -OCH3 is 12. The molecule has 0 spiro atoms. The summed E-state index contributed by atoms with van der Waals surface area (Å²) in [4.78, 5) is 7.88. The lowest BCUT2D eigenvalue weighted by atomic mass is 10.0. The second-order valence-corrected chi connectivity index (χ2v) is 25.9. The first-order valence-corrected chi connectivity index (χ1v) is 37.2. The van der Waals surface area contributed by atoms with Gasteiger partial charge in [-0.3, -0.25) is 9.80 Å². The van der Waals surface area contributed by atoms with E-state index in [9.17, 15) is 0 Å². The summed E-state index contributed by atoms with van der Waals surface area (Å²) in [5, 5.41) is 3.59. The highest BCUT2D eigenvalue weighted by Crippen LogP contribution is 2.26. The molecule has 0 amide bonds. The Morgan fingerprint density at radius 2 is 0.484 bits per heavy atom. The fraction of sp³-hybridized carbons (Fsp3) is 0.947. The predicted octanol–water partition coefficient (Wildman–Crippen LogP) is 18.5. The SMILES string of the molecule is CNC(=CCN(CCCCCCCCCCCCC(OC)(OC)OC)CCCCCCCCCCCCC(OC)(OC)OC)CCCN(C)C=CCN(CCCCCCCCCCCCC(OC)(OC)OC)CCCCCCCCCCCCC(OC)(OC)OC. The molecule has 544 valence electrons. The molecule has 0 saturated heterocycles. The van der Waals surface area contributed by atoms with Crippen LogP contribution in [0.5, 0.6) is 0 Å². The molecule has 0 aliphatic rings. The molecule has 16 nitrogen and oxygen atoms in total. The van der Waals surface area contributed by atoms with E-state index in [2.05, 4.69) is 52.5 Å². The first kappa shape index (κ1) is 89.5. The summed E-state index contributed by atoms with van der Waals surface area (Å²) in [6.07, 6.45) is 63.8. The van der Waals surface area contributed by atoms with Crippen molar-refractivity contribution < 1.29 is 56.8 Å². The summed E-state index contributed by atoms with van der Waals surface area (Å²) >= 11 is 0. The third-order valence-corrected chi connectivity index (χ3v) is 19.2. The van der Waals surface area contributed by atoms with Crippen molar-refractivity contribution >= 4 is 0 Å². The zero-order valence-corrected chi connectivity index (χ0v) is 62.4. The Kier molecular flexibility index (Phi) is 62.2. The van der Waals surface area contributed by atoms with E-state index >= 15 is 0 Å². The van der Waals surface area contributed by atoms with Crippen LogP contribution in [0.4, 0.5) is 0 Å². The van der Waals surface area contributed by atoms with Crippen LogP contribution in [0.25, 0.3) is 0 Å². The van der Waals surface area contributed by atoms with Crippen molar-refractivity contribution in [3.05, 3.63) is 24.0 Å². The van der Waals surface area contributed by atoms with E-state index in [-0.39, 0.29) is 0 Å². The van der Waals surface area contributed by atoms with Crippen molar-refractivity contribution in [3.63, 3.8) is 0 Å². The van der Waals surface area contributed by atoms with Gasteiger partial charge in [-0.25, -0.2) is 0 Å². The van der Waals surface area contributed by atoms with E-state index in [0.29, 0.717) is 0 Å². The summed E-state index contributed by atoms with van der Waals surface area (Å²) in [5.74, 6) is -3.57. The molecule has 0 saturated carbocycles. The lowest BCUT2D eigenvalue weighted by Crippen LogP contribution is -2.35. The van der Waals surface area contributed by atoms with Gasteiger partial charge in [0.05, 0.1) is 0 Å². The van der Waals surface area contributed by atoms with Gasteiger partial charge in [-0.15, -0.1) is 0 Å². The standard InChI is InChI=1S/C75H152N4O12/c1-76-71(58-70-79(67-53-45-37-29-21-17-25-33-41-49-61-74(86-9,87-10)88-11)68-54-46-38-30-22-18-26-34-42-50-62-75(89-12,90-13)91-14)57-55-63-77(2)64-56-69-78(65-51-43-35-27-19-15-23-31-39-47-59-72(80-3,81-4)82-5)66-52-44-36-28-20-16-24-32-40-48-60-73(83-6,84-7)85-8/h56,58,64,76H,15-55,57,59-63,65-70H2,1-14H3. The van der Waals surface area contributed by atoms with Gasteiger partial charge >= 0.3 is 0 Å². The number of nitrogens with one attached hydrogen (secondary N) is 1. The van der Waals surface area contributed by atoms with Crippen molar-refractivity contribution in [2.24, 2.45) is 0 Å². The minimum Gasteiger partial charge on any atom is -0.392 e.